The minimum absolute atomic E-state index is 0.0180. The fourth-order valence-electron chi connectivity index (χ4n) is 14.5. The van der Waals surface area contributed by atoms with E-state index >= 15 is 0 Å². The van der Waals surface area contributed by atoms with Gasteiger partial charge in [0.2, 0.25) is 0 Å². The number of aromatic nitrogens is 20. The number of ether oxygens (including phenoxy) is 6. The first-order valence-corrected chi connectivity index (χ1v) is 43.9. The molecule has 0 aliphatic carbocycles. The van der Waals surface area contributed by atoms with Crippen LogP contribution >= 0.6 is 39.1 Å². The Morgan fingerprint density at radius 1 is 0.372 bits per heavy atom. The Labute approximate surface area is 674 Å². The minimum Gasteiger partial charge on any atom is -0.394 e. The summed E-state index contributed by atoms with van der Waals surface area (Å²) in [6.45, 7) is -2.78. The van der Waals surface area contributed by atoms with E-state index in [1.54, 1.807) is 0 Å². The van der Waals surface area contributed by atoms with Crippen molar-refractivity contribution in [2.24, 2.45) is 0 Å². The van der Waals surface area contributed by atoms with E-state index in [0.717, 1.165) is 34.3 Å². The third kappa shape index (κ3) is 18.4. The number of H-pyrrole nitrogens is 2. The van der Waals surface area contributed by atoms with Crippen molar-refractivity contribution < 1.29 is 131 Å². The largest absolute Gasteiger partial charge is 0.472 e. The molecular formula is C60H75N24O32P5. The highest BCUT2D eigenvalue weighted by Crippen LogP contribution is 2.57. The summed E-state index contributed by atoms with van der Waals surface area (Å²) < 4.78 is 171. The van der Waals surface area contributed by atoms with Crippen LogP contribution < -0.4 is 45.4 Å². The van der Waals surface area contributed by atoms with Crippen LogP contribution in [0.2, 0.25) is 0 Å². The van der Waals surface area contributed by atoms with E-state index in [9.17, 15) is 76.7 Å². The Bertz CT molecular complexity index is 6080. The quantitative estimate of drug-likeness (QED) is 0.0224. The van der Waals surface area contributed by atoms with Gasteiger partial charge in [0.25, 0.3) is 11.1 Å². The van der Waals surface area contributed by atoms with Crippen LogP contribution in [0.4, 0.5) is 23.3 Å². The van der Waals surface area contributed by atoms with Crippen molar-refractivity contribution in [3.8, 4) is 0 Å². The molecule has 0 aromatic carbocycles. The second-order valence-corrected chi connectivity index (χ2v) is 35.3. The van der Waals surface area contributed by atoms with Crippen LogP contribution in [0.25, 0.3) is 44.7 Å². The number of hydrogen-bond donors (Lipinski definition) is 13. The monoisotopic (exact) mass is 1800 g/mol. The van der Waals surface area contributed by atoms with Gasteiger partial charge in [0.15, 0.2) is 45.9 Å². The lowest BCUT2D eigenvalue weighted by Gasteiger charge is -2.26. The van der Waals surface area contributed by atoms with Crippen LogP contribution in [0.5, 0.6) is 0 Å². The fourth-order valence-corrected chi connectivity index (χ4v) is 19.3. The molecule has 61 heteroatoms. The molecule has 121 heavy (non-hydrogen) atoms. The van der Waals surface area contributed by atoms with Gasteiger partial charge in [-0.3, -0.25) is 92.2 Å². The average Bonchev–Trinajstić information content (AvgIpc) is 1.64. The molecule has 6 aliphatic heterocycles. The molecule has 0 spiro atoms. The molecule has 16 rings (SSSR count). The average molecular weight is 1800 g/mol. The van der Waals surface area contributed by atoms with Crippen LogP contribution in [0, 0.1) is 13.8 Å². The van der Waals surface area contributed by atoms with Gasteiger partial charge >= 0.3 is 50.5 Å². The highest BCUT2D eigenvalue weighted by molar-refractivity contribution is 7.48. The molecule has 0 amide bonds. The number of aryl methyl sites for hydroxylation is 2. The van der Waals surface area contributed by atoms with Gasteiger partial charge in [0.05, 0.1) is 71.1 Å². The van der Waals surface area contributed by atoms with Gasteiger partial charge in [0, 0.05) is 62.0 Å². The van der Waals surface area contributed by atoms with Gasteiger partial charge < -0.3 is 86.0 Å². The smallest absolute Gasteiger partial charge is 0.394 e. The van der Waals surface area contributed by atoms with E-state index in [4.69, 9.17) is 96.6 Å². The molecule has 17 N–H and O–H groups in total. The normalized spacial score (nSPS) is 29.6. The maximum atomic E-state index is 14.6. The van der Waals surface area contributed by atoms with Gasteiger partial charge in [-0.1, -0.05) is 0 Å². The predicted molar refractivity (Wildman–Crippen MR) is 399 cm³/mol. The summed E-state index contributed by atoms with van der Waals surface area (Å²) in [5.74, 6) is -0.109. The van der Waals surface area contributed by atoms with E-state index in [1.165, 1.54) is 69.9 Å². The first-order valence-electron chi connectivity index (χ1n) is 36.4. The van der Waals surface area contributed by atoms with Crippen molar-refractivity contribution in [2.75, 3.05) is 62.6 Å². The van der Waals surface area contributed by atoms with Crippen LogP contribution in [0.3, 0.4) is 0 Å². The maximum absolute atomic E-state index is 14.6. The number of nitrogens with one attached hydrogen (secondary N) is 2. The van der Waals surface area contributed by atoms with Gasteiger partial charge in [-0.2, -0.15) is 0 Å². The number of hydrogen-bond acceptors (Lipinski definition) is 43. The van der Waals surface area contributed by atoms with Crippen LogP contribution in [-0.4, -0.2) is 245 Å². The number of nitrogen functional groups attached to an aromatic ring is 4. The molecular weight excluding hydrogens is 1720 g/mol. The highest BCUT2D eigenvalue weighted by atomic mass is 31.2. The first kappa shape index (κ1) is 85.5. The Hall–Kier alpha value is -9.01. The lowest BCUT2D eigenvalue weighted by atomic mass is 10.2. The number of aromatic amines is 2. The molecule has 23 atom stereocenters. The van der Waals surface area contributed by atoms with Crippen molar-refractivity contribution in [3.63, 3.8) is 0 Å². The Balaban J connectivity index is 0.608. The third-order valence-electron chi connectivity index (χ3n) is 20.3. The summed E-state index contributed by atoms with van der Waals surface area (Å²) in [6, 6.07) is 0. The second-order valence-electron chi connectivity index (χ2n) is 28.3. The van der Waals surface area contributed by atoms with E-state index in [2.05, 4.69) is 69.8 Å². The van der Waals surface area contributed by atoms with E-state index in [0.29, 0.717) is 0 Å². The molecule has 16 heterocycles. The van der Waals surface area contributed by atoms with Crippen LogP contribution in [0.15, 0.2) is 82.2 Å². The summed E-state index contributed by atoms with van der Waals surface area (Å²) in [4.78, 5) is 162. The Morgan fingerprint density at radius 3 is 0.893 bits per heavy atom. The predicted octanol–water partition coefficient (Wildman–Crippen LogP) is -1.02. The number of aliphatic hydroxyl groups is 2. The zero-order valence-electron chi connectivity index (χ0n) is 62.6. The Morgan fingerprint density at radius 2 is 0.612 bits per heavy atom. The summed E-state index contributed by atoms with van der Waals surface area (Å²) in [5.41, 5.74) is 22.1. The molecule has 0 saturated carbocycles. The number of phosphoric ester groups is 5. The topological polar surface area (TPSA) is 763 Å². The number of phosphoric acid groups is 5. The molecule has 652 valence electrons. The zero-order chi connectivity index (χ0) is 85.5. The summed E-state index contributed by atoms with van der Waals surface area (Å²) in [6.07, 6.45) is -16.1. The SMILES string of the molecule is Cc1cn([C@H]2C[C@H](OP(=O)(O)OC[C@H]3O[C@@H](n4cnc5c(N)ncnc54)C[C@@H]3OP(=O)(O)OC[C@H]3O[C@@H](n4cnc5c(N)ncnc54)C[C@@H]3OP(=O)(O)OC[C@H]3O[C@@H](n4cnc5c(N)ncnc54)C[C@@H]3OP(=O)(O)OC[C@H]3O[C@@H](n4cc(C)c(=O)[nH]c4=O)C[C@@H]3O)[C@@H](COP(=O)(O)O[C@H]3C[C@H](n4cnc5c(N)ncnc54)O[C@@H]3CO)O2)c(=O)[nH]c1=O. The second kappa shape index (κ2) is 33.9. The van der Waals surface area contributed by atoms with Crippen molar-refractivity contribution in [1.29, 1.82) is 0 Å². The molecule has 5 unspecified atom stereocenters. The standard InChI is InChI=1S/C60H75N24O32P5/c1-25-9-79(59(89)77-57(25)87)39-3-27(86)34(107-39)12-101-117(91,92)114-30-6-42(82-22-74-46-50(62)66-18-70-54(46)82)109-36(30)14-104-120(97,98)116-32-8-44(84-24-76-48-52(64)68-20-72-56(48)84)111-38(32)16-105-121(99,100)115-31-7-43(83-23-75-47-51(63)67-19-71-55(47)83)110-37(31)15-103-119(95,96)113-29-5-40(80-10-26(2)58(88)78-60(80)90)108-35(29)13-102-118(93,94)112-28-4-41(106-33(28)11-85)81-21-73-45-49(61)65-17-69-53(45)81/h9-10,17-24,27-44,85-86H,3-8,11-16H2,1-2H3,(H,91,92)(H,93,94)(H,95,96)(H,97,98)(H,99,100)(H2,61,65,69)(H2,62,66,70)(H2,63,67,71)(H2,64,68,72)(H,77,87,89)(H,78,88,90)/t27-,28-,29-,30-,31-,32-,33+,34+,35+,36+,37+,38+,39+,40+,41+,42+,43+,44+/m0/s1. The minimum atomic E-state index is -5.57. The number of imidazole rings is 4. The number of rotatable bonds is 32. The number of nitrogens with zero attached hydrogens (tertiary/aromatic N) is 18. The number of aliphatic hydroxyl groups excluding tert-OH is 2. The third-order valence-corrected chi connectivity index (χ3v) is 25.4. The van der Waals surface area contributed by atoms with Crippen molar-refractivity contribution in [2.45, 2.75) is 163 Å². The summed E-state index contributed by atoms with van der Waals surface area (Å²) in [5, 5.41) is 21.2. The van der Waals surface area contributed by atoms with Crippen molar-refractivity contribution in [3.05, 3.63) is 116 Å². The fraction of sp³-hybridized carbons (Fsp3) is 0.533. The van der Waals surface area contributed by atoms with Crippen LogP contribution in [0.1, 0.15) is 87.0 Å². The molecule has 6 fully saturated rings. The first-order chi connectivity index (χ1) is 57.5. The summed E-state index contributed by atoms with van der Waals surface area (Å²) in [7, 11) is -27.2. The van der Waals surface area contributed by atoms with E-state index < -0.39 is 231 Å². The van der Waals surface area contributed by atoms with Gasteiger partial charge in [-0.05, 0) is 13.8 Å². The highest BCUT2D eigenvalue weighted by Gasteiger charge is 2.52. The summed E-state index contributed by atoms with van der Waals surface area (Å²) >= 11 is 0. The van der Waals surface area contributed by atoms with Crippen molar-refractivity contribution in [1.82, 2.24) is 97.2 Å². The molecule has 56 nitrogen and oxygen atoms in total. The molecule has 10 aromatic rings. The van der Waals surface area contributed by atoms with Crippen LogP contribution in [-0.2, 0) is 96.5 Å². The number of anilines is 4. The molecule has 10 aromatic heterocycles. The van der Waals surface area contributed by atoms with Gasteiger partial charge in [-0.25, -0.2) is 92.2 Å². The van der Waals surface area contributed by atoms with Gasteiger partial charge in [0.1, 0.15) is 152 Å². The zero-order valence-corrected chi connectivity index (χ0v) is 67.1. The maximum Gasteiger partial charge on any atom is 0.472 e. The molecule has 6 aliphatic rings. The molecule has 0 bridgehead atoms. The lowest BCUT2D eigenvalue weighted by molar-refractivity contribution is -0.0643. The van der Waals surface area contributed by atoms with E-state index in [1.807, 2.05) is 0 Å². The number of nitrogens with two attached hydrogens (primary N) is 4. The number of fused-ring (bicyclic) bond motifs is 4. The van der Waals surface area contributed by atoms with E-state index in [-0.39, 0.29) is 98.3 Å². The Kier molecular flexibility index (Phi) is 24.0. The molecule has 6 saturated heterocycles. The molecule has 0 radical (unpaired) electrons. The lowest BCUT2D eigenvalue weighted by Crippen LogP contribution is -2.33. The van der Waals surface area contributed by atoms with Gasteiger partial charge in [-0.15, -0.1) is 0 Å². The van der Waals surface area contributed by atoms with Crippen molar-refractivity contribution >= 4 is 107 Å².